The Morgan fingerprint density at radius 3 is 2.83 bits per heavy atom. The standard InChI is InChI=1S/C9H17N3/c1-8-7-12(3)11-9(8)5-4-6-10-2/h7,10H,4-6H2,1-3H3. The van der Waals surface area contributed by atoms with Gasteiger partial charge in [-0.1, -0.05) is 0 Å². The fraction of sp³-hybridized carbons (Fsp3) is 0.667. The van der Waals surface area contributed by atoms with E-state index in [2.05, 4.69) is 23.5 Å². The van der Waals surface area contributed by atoms with Crippen molar-refractivity contribution in [2.45, 2.75) is 19.8 Å². The summed E-state index contributed by atoms with van der Waals surface area (Å²) >= 11 is 0. The van der Waals surface area contributed by atoms with Crippen molar-refractivity contribution >= 4 is 0 Å². The predicted molar refractivity (Wildman–Crippen MR) is 50.2 cm³/mol. The van der Waals surface area contributed by atoms with Gasteiger partial charge in [-0.2, -0.15) is 5.10 Å². The summed E-state index contributed by atoms with van der Waals surface area (Å²) in [4.78, 5) is 0. The topological polar surface area (TPSA) is 29.9 Å². The third kappa shape index (κ3) is 2.34. The molecule has 0 aromatic carbocycles. The van der Waals surface area contributed by atoms with E-state index in [0.717, 1.165) is 19.4 Å². The van der Waals surface area contributed by atoms with Gasteiger partial charge in [-0.25, -0.2) is 0 Å². The largest absolute Gasteiger partial charge is 0.320 e. The second kappa shape index (κ2) is 4.26. The molecule has 0 unspecified atom stereocenters. The van der Waals surface area contributed by atoms with Crippen molar-refractivity contribution in [2.24, 2.45) is 7.05 Å². The molecule has 0 saturated carbocycles. The summed E-state index contributed by atoms with van der Waals surface area (Å²) in [6.45, 7) is 3.18. The highest BCUT2D eigenvalue weighted by Gasteiger charge is 2.01. The fourth-order valence-electron chi connectivity index (χ4n) is 1.33. The molecule has 1 rings (SSSR count). The van der Waals surface area contributed by atoms with Crippen LogP contribution in [0.15, 0.2) is 6.20 Å². The van der Waals surface area contributed by atoms with Crippen LogP contribution in [0.3, 0.4) is 0 Å². The molecule has 1 N–H and O–H groups in total. The maximum Gasteiger partial charge on any atom is 0.0654 e. The Labute approximate surface area is 73.8 Å². The van der Waals surface area contributed by atoms with Crippen molar-refractivity contribution in [1.82, 2.24) is 15.1 Å². The molecule has 0 atom stereocenters. The molecule has 3 nitrogen and oxygen atoms in total. The van der Waals surface area contributed by atoms with E-state index in [1.54, 1.807) is 0 Å². The molecule has 0 bridgehead atoms. The Bertz CT molecular complexity index is 240. The summed E-state index contributed by atoms with van der Waals surface area (Å²) in [6, 6.07) is 0. The minimum absolute atomic E-state index is 1.07. The zero-order chi connectivity index (χ0) is 8.97. The van der Waals surface area contributed by atoms with Crippen molar-refractivity contribution in [1.29, 1.82) is 0 Å². The van der Waals surface area contributed by atoms with Gasteiger partial charge in [-0.3, -0.25) is 4.68 Å². The molecular formula is C9H17N3. The molecule has 0 amide bonds. The third-order valence-electron chi connectivity index (χ3n) is 1.95. The molecule has 1 aromatic rings. The Hall–Kier alpha value is -0.830. The maximum atomic E-state index is 4.37. The van der Waals surface area contributed by atoms with Gasteiger partial charge >= 0.3 is 0 Å². The van der Waals surface area contributed by atoms with Crippen LogP contribution in [0.25, 0.3) is 0 Å². The van der Waals surface area contributed by atoms with E-state index in [-0.39, 0.29) is 0 Å². The predicted octanol–water partition coefficient (Wildman–Crippen LogP) is 0.881. The van der Waals surface area contributed by atoms with E-state index in [1.165, 1.54) is 11.3 Å². The average Bonchev–Trinajstić information content (AvgIpc) is 2.31. The molecule has 1 heterocycles. The minimum atomic E-state index is 1.07. The molecule has 1 aromatic heterocycles. The van der Waals surface area contributed by atoms with E-state index in [0.29, 0.717) is 0 Å². The lowest BCUT2D eigenvalue weighted by Gasteiger charge is -1.97. The number of rotatable bonds is 4. The molecule has 0 fully saturated rings. The normalized spacial score (nSPS) is 10.6. The summed E-state index contributed by atoms with van der Waals surface area (Å²) in [7, 11) is 3.94. The van der Waals surface area contributed by atoms with Crippen LogP contribution < -0.4 is 5.32 Å². The van der Waals surface area contributed by atoms with E-state index in [1.807, 2.05) is 18.8 Å². The summed E-state index contributed by atoms with van der Waals surface area (Å²) < 4.78 is 1.88. The Kier molecular flexibility index (Phi) is 3.29. The van der Waals surface area contributed by atoms with E-state index in [4.69, 9.17) is 0 Å². The van der Waals surface area contributed by atoms with Gasteiger partial charge in [0.15, 0.2) is 0 Å². The summed E-state index contributed by atoms with van der Waals surface area (Å²) in [6.07, 6.45) is 4.30. The lowest BCUT2D eigenvalue weighted by atomic mass is 10.2. The quantitative estimate of drug-likeness (QED) is 0.675. The second-order valence-corrected chi connectivity index (χ2v) is 3.14. The zero-order valence-electron chi connectivity index (χ0n) is 8.09. The van der Waals surface area contributed by atoms with Gasteiger partial charge in [-0.15, -0.1) is 0 Å². The van der Waals surface area contributed by atoms with Crippen LogP contribution >= 0.6 is 0 Å². The smallest absolute Gasteiger partial charge is 0.0654 e. The van der Waals surface area contributed by atoms with Crippen molar-refractivity contribution < 1.29 is 0 Å². The lowest BCUT2D eigenvalue weighted by Crippen LogP contribution is -2.08. The minimum Gasteiger partial charge on any atom is -0.320 e. The third-order valence-corrected chi connectivity index (χ3v) is 1.95. The molecule has 0 saturated heterocycles. The van der Waals surface area contributed by atoms with Gasteiger partial charge < -0.3 is 5.32 Å². The van der Waals surface area contributed by atoms with Crippen LogP contribution in [-0.4, -0.2) is 23.4 Å². The number of aryl methyl sites for hydroxylation is 3. The van der Waals surface area contributed by atoms with Gasteiger partial charge in [0.2, 0.25) is 0 Å². The first-order valence-electron chi connectivity index (χ1n) is 4.37. The van der Waals surface area contributed by atoms with Crippen molar-refractivity contribution in [3.8, 4) is 0 Å². The van der Waals surface area contributed by atoms with Crippen LogP contribution in [0.4, 0.5) is 0 Å². The Morgan fingerprint density at radius 2 is 2.33 bits per heavy atom. The molecule has 68 valence electrons. The van der Waals surface area contributed by atoms with Gasteiger partial charge in [0.1, 0.15) is 0 Å². The fourth-order valence-corrected chi connectivity index (χ4v) is 1.33. The highest BCUT2D eigenvalue weighted by Crippen LogP contribution is 2.05. The summed E-state index contributed by atoms with van der Waals surface area (Å²) in [5.74, 6) is 0. The zero-order valence-corrected chi connectivity index (χ0v) is 8.09. The van der Waals surface area contributed by atoms with Crippen LogP contribution in [0.2, 0.25) is 0 Å². The first-order valence-corrected chi connectivity index (χ1v) is 4.37. The monoisotopic (exact) mass is 167 g/mol. The molecule has 0 radical (unpaired) electrons. The van der Waals surface area contributed by atoms with E-state index < -0.39 is 0 Å². The van der Waals surface area contributed by atoms with Crippen LogP contribution in [0.1, 0.15) is 17.7 Å². The van der Waals surface area contributed by atoms with Crippen LogP contribution in [0.5, 0.6) is 0 Å². The van der Waals surface area contributed by atoms with Crippen LogP contribution in [0, 0.1) is 6.92 Å². The maximum absolute atomic E-state index is 4.37. The average molecular weight is 167 g/mol. The second-order valence-electron chi connectivity index (χ2n) is 3.14. The number of hydrogen-bond donors (Lipinski definition) is 1. The van der Waals surface area contributed by atoms with Gasteiger partial charge in [0.05, 0.1) is 5.69 Å². The molecule has 0 aliphatic carbocycles. The molecular weight excluding hydrogens is 150 g/mol. The van der Waals surface area contributed by atoms with Gasteiger partial charge in [0.25, 0.3) is 0 Å². The summed E-state index contributed by atoms with van der Waals surface area (Å²) in [5.41, 5.74) is 2.53. The number of nitrogens with one attached hydrogen (secondary N) is 1. The number of aromatic nitrogens is 2. The highest BCUT2D eigenvalue weighted by atomic mass is 15.2. The van der Waals surface area contributed by atoms with Gasteiger partial charge in [-0.05, 0) is 38.9 Å². The van der Waals surface area contributed by atoms with E-state index >= 15 is 0 Å². The number of hydrogen-bond acceptors (Lipinski definition) is 2. The SMILES string of the molecule is CNCCCc1nn(C)cc1C. The molecule has 0 aliphatic heterocycles. The van der Waals surface area contributed by atoms with E-state index in [9.17, 15) is 0 Å². The first-order chi connectivity index (χ1) is 5.74. The van der Waals surface area contributed by atoms with Crippen molar-refractivity contribution in [2.75, 3.05) is 13.6 Å². The molecule has 3 heteroatoms. The molecule has 0 aliphatic rings. The van der Waals surface area contributed by atoms with Crippen molar-refractivity contribution in [3.05, 3.63) is 17.5 Å². The lowest BCUT2D eigenvalue weighted by molar-refractivity contribution is 0.688. The Morgan fingerprint density at radius 1 is 1.58 bits per heavy atom. The van der Waals surface area contributed by atoms with Gasteiger partial charge in [0, 0.05) is 13.2 Å². The van der Waals surface area contributed by atoms with Crippen molar-refractivity contribution in [3.63, 3.8) is 0 Å². The highest BCUT2D eigenvalue weighted by molar-refractivity contribution is 5.14. The molecule has 0 spiro atoms. The van der Waals surface area contributed by atoms with Crippen LogP contribution in [-0.2, 0) is 13.5 Å². The number of nitrogens with zero attached hydrogens (tertiary/aromatic N) is 2. The Balaban J connectivity index is 2.45. The molecule has 12 heavy (non-hydrogen) atoms. The summed E-state index contributed by atoms with van der Waals surface area (Å²) in [5, 5.41) is 7.50. The first kappa shape index (κ1) is 9.26.